The summed E-state index contributed by atoms with van der Waals surface area (Å²) in [6.45, 7) is 0.612. The van der Waals surface area contributed by atoms with Crippen molar-refractivity contribution < 1.29 is 24.2 Å². The Kier molecular flexibility index (Phi) is 6.44. The van der Waals surface area contributed by atoms with Crippen molar-refractivity contribution in [1.29, 1.82) is 0 Å². The third-order valence-corrected chi connectivity index (χ3v) is 4.51. The molecule has 0 saturated carbocycles. The van der Waals surface area contributed by atoms with E-state index in [9.17, 15) is 9.59 Å². The van der Waals surface area contributed by atoms with Crippen LogP contribution in [0.5, 0.6) is 5.75 Å². The monoisotopic (exact) mass is 369 g/mol. The second-order valence-corrected chi connectivity index (χ2v) is 6.50. The quantitative estimate of drug-likeness (QED) is 0.784. The lowest BCUT2D eigenvalue weighted by molar-refractivity contribution is -0.139. The van der Waals surface area contributed by atoms with Crippen LogP contribution in [-0.4, -0.2) is 30.2 Å². The Morgan fingerprint density at radius 2 is 1.96 bits per heavy atom. The molecule has 1 aliphatic rings. The van der Waals surface area contributed by atoms with Gasteiger partial charge in [0.25, 0.3) is 0 Å². The van der Waals surface area contributed by atoms with E-state index in [-0.39, 0.29) is 17.9 Å². The summed E-state index contributed by atoms with van der Waals surface area (Å²) < 4.78 is 11.1. The first kappa shape index (κ1) is 18.9. The maximum atomic E-state index is 12.8. The largest absolute Gasteiger partial charge is 0.482 e. The van der Waals surface area contributed by atoms with Gasteiger partial charge in [-0.15, -0.1) is 0 Å². The third-order valence-electron chi connectivity index (χ3n) is 4.51. The zero-order valence-electron chi connectivity index (χ0n) is 15.0. The highest BCUT2D eigenvalue weighted by Gasteiger charge is 2.32. The summed E-state index contributed by atoms with van der Waals surface area (Å²) >= 11 is 0. The lowest BCUT2D eigenvalue weighted by Crippen LogP contribution is -2.37. The first-order chi connectivity index (χ1) is 13.1. The molecule has 1 fully saturated rings. The average Bonchev–Trinajstić information content (AvgIpc) is 2.71. The molecule has 1 aliphatic heterocycles. The maximum Gasteiger partial charge on any atom is 0.341 e. The van der Waals surface area contributed by atoms with Crippen molar-refractivity contribution in [3.05, 3.63) is 65.7 Å². The molecule has 2 aromatic carbocycles. The highest BCUT2D eigenvalue weighted by atomic mass is 16.5. The van der Waals surface area contributed by atoms with Gasteiger partial charge in [-0.1, -0.05) is 42.5 Å². The molecule has 0 aliphatic carbocycles. The van der Waals surface area contributed by atoms with E-state index >= 15 is 0 Å². The maximum absolute atomic E-state index is 12.8. The van der Waals surface area contributed by atoms with Gasteiger partial charge < -0.3 is 19.9 Å². The first-order valence-electron chi connectivity index (χ1n) is 9.01. The molecule has 2 atom stereocenters. The molecule has 142 valence electrons. The molecular weight excluding hydrogens is 346 g/mol. The number of rotatable bonds is 7. The Morgan fingerprint density at radius 1 is 1.15 bits per heavy atom. The predicted octanol–water partition coefficient (Wildman–Crippen LogP) is 2.93. The van der Waals surface area contributed by atoms with Crippen molar-refractivity contribution in [2.75, 3.05) is 13.2 Å². The van der Waals surface area contributed by atoms with E-state index < -0.39 is 12.6 Å². The molecule has 27 heavy (non-hydrogen) atoms. The number of carbonyl (C=O) groups excluding carboxylic acids is 1. The van der Waals surface area contributed by atoms with Gasteiger partial charge in [-0.05, 0) is 36.1 Å². The number of nitrogens with one attached hydrogen (secondary N) is 1. The molecule has 6 heteroatoms. The molecule has 0 spiro atoms. The van der Waals surface area contributed by atoms with Crippen LogP contribution in [-0.2, 0) is 20.9 Å². The molecule has 0 aromatic heterocycles. The van der Waals surface area contributed by atoms with Gasteiger partial charge in [0.1, 0.15) is 5.75 Å². The Balaban J connectivity index is 1.61. The standard InChI is InChI=1S/C21H23NO5/c23-19(24)14-27-17-9-4-6-15(12-17)13-22-21(25)18-10-5-11-26-20(18)16-7-2-1-3-8-16/h1-4,6-9,12,18,20H,5,10-11,13-14H2,(H,22,25)(H,23,24). The first-order valence-corrected chi connectivity index (χ1v) is 9.01. The van der Waals surface area contributed by atoms with Crippen molar-refractivity contribution in [2.24, 2.45) is 5.92 Å². The summed E-state index contributed by atoms with van der Waals surface area (Å²) in [5.41, 5.74) is 1.86. The fourth-order valence-corrected chi connectivity index (χ4v) is 3.23. The van der Waals surface area contributed by atoms with Crippen LogP contribution in [0.25, 0.3) is 0 Å². The summed E-state index contributed by atoms with van der Waals surface area (Å²) in [4.78, 5) is 23.4. The van der Waals surface area contributed by atoms with Crippen LogP contribution in [0.15, 0.2) is 54.6 Å². The molecule has 6 nitrogen and oxygen atoms in total. The van der Waals surface area contributed by atoms with Crippen molar-refractivity contribution >= 4 is 11.9 Å². The molecule has 1 saturated heterocycles. The number of carbonyl (C=O) groups is 2. The average molecular weight is 369 g/mol. The van der Waals surface area contributed by atoms with Gasteiger partial charge in [0.05, 0.1) is 12.0 Å². The van der Waals surface area contributed by atoms with Gasteiger partial charge in [-0.25, -0.2) is 4.79 Å². The smallest absolute Gasteiger partial charge is 0.341 e. The van der Waals surface area contributed by atoms with E-state index in [1.165, 1.54) is 0 Å². The van der Waals surface area contributed by atoms with Crippen molar-refractivity contribution in [2.45, 2.75) is 25.5 Å². The Hall–Kier alpha value is -2.86. The van der Waals surface area contributed by atoms with Gasteiger partial charge in [-0.2, -0.15) is 0 Å². The fourth-order valence-electron chi connectivity index (χ4n) is 3.23. The van der Waals surface area contributed by atoms with Gasteiger partial charge >= 0.3 is 5.97 Å². The highest BCUT2D eigenvalue weighted by molar-refractivity contribution is 5.79. The van der Waals surface area contributed by atoms with Gasteiger partial charge in [-0.3, -0.25) is 4.79 Å². The van der Waals surface area contributed by atoms with E-state index in [1.807, 2.05) is 36.4 Å². The predicted molar refractivity (Wildman–Crippen MR) is 99.3 cm³/mol. The molecule has 0 radical (unpaired) electrons. The van der Waals surface area contributed by atoms with Gasteiger partial charge in [0.2, 0.25) is 5.91 Å². The van der Waals surface area contributed by atoms with Crippen LogP contribution in [0, 0.1) is 5.92 Å². The minimum atomic E-state index is -1.03. The number of hydrogen-bond donors (Lipinski definition) is 2. The zero-order chi connectivity index (χ0) is 19.1. The number of amides is 1. The van der Waals surface area contributed by atoms with Crippen LogP contribution < -0.4 is 10.1 Å². The van der Waals surface area contributed by atoms with Gasteiger partial charge in [0, 0.05) is 13.2 Å². The summed E-state index contributed by atoms with van der Waals surface area (Å²) in [5, 5.41) is 11.7. The normalized spacial score (nSPS) is 19.3. The third kappa shape index (κ3) is 5.31. The molecule has 1 amide bonds. The molecular formula is C21H23NO5. The minimum Gasteiger partial charge on any atom is -0.482 e. The van der Waals surface area contributed by atoms with Crippen LogP contribution in [0.3, 0.4) is 0 Å². The molecule has 0 bridgehead atoms. The van der Waals surface area contributed by atoms with Crippen molar-refractivity contribution in [1.82, 2.24) is 5.32 Å². The van der Waals surface area contributed by atoms with E-state index in [1.54, 1.807) is 18.2 Å². The fraction of sp³-hybridized carbons (Fsp3) is 0.333. The summed E-state index contributed by atoms with van der Waals surface area (Å²) in [5.74, 6) is -0.835. The lowest BCUT2D eigenvalue weighted by Gasteiger charge is -2.31. The van der Waals surface area contributed by atoms with Crippen molar-refractivity contribution in [3.63, 3.8) is 0 Å². The minimum absolute atomic E-state index is 0.0413. The molecule has 3 rings (SSSR count). The SMILES string of the molecule is O=C(O)COc1cccc(CNC(=O)C2CCCOC2c2ccccc2)c1. The van der Waals surface area contributed by atoms with E-state index in [0.29, 0.717) is 18.9 Å². The Morgan fingerprint density at radius 3 is 2.74 bits per heavy atom. The van der Waals surface area contributed by atoms with Gasteiger partial charge in [0.15, 0.2) is 6.61 Å². The second-order valence-electron chi connectivity index (χ2n) is 6.50. The number of ether oxygens (including phenoxy) is 2. The van der Waals surface area contributed by atoms with E-state index in [4.69, 9.17) is 14.6 Å². The van der Waals surface area contributed by atoms with E-state index in [2.05, 4.69) is 5.32 Å². The number of benzene rings is 2. The van der Waals surface area contributed by atoms with E-state index in [0.717, 1.165) is 24.0 Å². The summed E-state index contributed by atoms with van der Waals surface area (Å²) in [6, 6.07) is 16.9. The summed E-state index contributed by atoms with van der Waals surface area (Å²) in [7, 11) is 0. The topological polar surface area (TPSA) is 84.9 Å². The number of carboxylic acids is 1. The lowest BCUT2D eigenvalue weighted by atomic mass is 9.88. The Bertz CT molecular complexity index is 777. The van der Waals surface area contributed by atoms with Crippen molar-refractivity contribution in [3.8, 4) is 5.75 Å². The highest BCUT2D eigenvalue weighted by Crippen LogP contribution is 2.33. The van der Waals surface area contributed by atoms with Crippen LogP contribution in [0.2, 0.25) is 0 Å². The second kappa shape index (κ2) is 9.19. The summed E-state index contributed by atoms with van der Waals surface area (Å²) in [6.07, 6.45) is 1.41. The number of carboxylic acid groups (broad SMARTS) is 1. The number of hydrogen-bond acceptors (Lipinski definition) is 4. The van der Waals surface area contributed by atoms with Crippen LogP contribution in [0.1, 0.15) is 30.1 Å². The zero-order valence-corrected chi connectivity index (χ0v) is 15.0. The Labute approximate surface area is 158 Å². The molecule has 1 heterocycles. The van der Waals surface area contributed by atoms with Crippen LogP contribution >= 0.6 is 0 Å². The van der Waals surface area contributed by atoms with Crippen LogP contribution in [0.4, 0.5) is 0 Å². The molecule has 2 unspecified atom stereocenters. The molecule has 2 aromatic rings. The molecule has 2 N–H and O–H groups in total. The number of aliphatic carboxylic acids is 1.